The van der Waals surface area contributed by atoms with E-state index in [-0.39, 0.29) is 17.2 Å². The Morgan fingerprint density at radius 3 is 2.62 bits per heavy atom. The van der Waals surface area contributed by atoms with Crippen molar-refractivity contribution in [1.29, 1.82) is 0 Å². The van der Waals surface area contributed by atoms with Gasteiger partial charge in [-0.1, -0.05) is 0 Å². The molecule has 1 heterocycles. The van der Waals surface area contributed by atoms with Gasteiger partial charge in [-0.25, -0.2) is 0 Å². The van der Waals surface area contributed by atoms with Crippen molar-refractivity contribution in [3.8, 4) is 0 Å². The molecule has 5 nitrogen and oxygen atoms in total. The molecule has 90 valence electrons. The topological polar surface area (TPSA) is 78.4 Å². The first-order chi connectivity index (χ1) is 7.55. The van der Waals surface area contributed by atoms with E-state index in [4.69, 9.17) is 5.11 Å². The van der Waals surface area contributed by atoms with Gasteiger partial charge < -0.3 is 15.7 Å². The van der Waals surface area contributed by atoms with E-state index in [2.05, 4.69) is 10.6 Å². The Morgan fingerprint density at radius 2 is 2.06 bits per heavy atom. The van der Waals surface area contributed by atoms with Crippen LogP contribution in [0.25, 0.3) is 0 Å². The maximum absolute atomic E-state index is 11.8. The number of piperidine rings is 1. The molecule has 1 saturated carbocycles. The summed E-state index contributed by atoms with van der Waals surface area (Å²) in [6.45, 7) is 3.44. The van der Waals surface area contributed by atoms with Crippen molar-refractivity contribution in [2.75, 3.05) is 13.1 Å². The summed E-state index contributed by atoms with van der Waals surface area (Å²) in [5, 5.41) is 14.5. The van der Waals surface area contributed by atoms with Crippen LogP contribution in [0.3, 0.4) is 0 Å². The maximum Gasteiger partial charge on any atom is 0.325 e. The number of hydrogen-bond acceptors (Lipinski definition) is 3. The standard InChI is InChI=1S/C11H18N2O3/c1-7(10(15)16)13-9(14)8-6-11(8)2-4-12-5-3-11/h7-8,12H,2-6H2,1H3,(H,13,14)(H,15,16). The van der Waals surface area contributed by atoms with E-state index in [0.717, 1.165) is 32.4 Å². The van der Waals surface area contributed by atoms with Gasteiger partial charge in [0.1, 0.15) is 6.04 Å². The SMILES string of the molecule is CC(NC(=O)C1CC12CCNCC2)C(=O)O. The molecule has 0 radical (unpaired) electrons. The first-order valence-electron chi connectivity index (χ1n) is 5.79. The average molecular weight is 226 g/mol. The number of carboxylic acids is 1. The summed E-state index contributed by atoms with van der Waals surface area (Å²) in [5.41, 5.74) is 0.174. The molecular weight excluding hydrogens is 208 g/mol. The monoisotopic (exact) mass is 226 g/mol. The smallest absolute Gasteiger partial charge is 0.325 e. The lowest BCUT2D eigenvalue weighted by Gasteiger charge is -2.23. The Labute approximate surface area is 94.6 Å². The summed E-state index contributed by atoms with van der Waals surface area (Å²) in [6.07, 6.45) is 2.99. The summed E-state index contributed by atoms with van der Waals surface area (Å²) in [7, 11) is 0. The molecule has 2 aliphatic rings. The number of nitrogens with one attached hydrogen (secondary N) is 2. The number of carboxylic acid groups (broad SMARTS) is 1. The van der Waals surface area contributed by atoms with Gasteiger partial charge in [-0.2, -0.15) is 0 Å². The first kappa shape index (κ1) is 11.4. The Bertz CT molecular complexity index is 310. The highest BCUT2D eigenvalue weighted by Gasteiger charge is 2.57. The lowest BCUT2D eigenvalue weighted by molar-refractivity contribution is -0.141. The quantitative estimate of drug-likeness (QED) is 0.631. The highest BCUT2D eigenvalue weighted by Crippen LogP contribution is 2.58. The van der Waals surface area contributed by atoms with E-state index in [0.29, 0.717) is 0 Å². The molecule has 2 atom stereocenters. The van der Waals surface area contributed by atoms with Gasteiger partial charge in [-0.15, -0.1) is 0 Å². The van der Waals surface area contributed by atoms with E-state index in [9.17, 15) is 9.59 Å². The molecule has 1 aliphatic carbocycles. The van der Waals surface area contributed by atoms with Crippen molar-refractivity contribution in [3.63, 3.8) is 0 Å². The summed E-state index contributed by atoms with van der Waals surface area (Å²) >= 11 is 0. The average Bonchev–Trinajstić information content (AvgIpc) is 2.93. The fourth-order valence-electron chi connectivity index (χ4n) is 2.57. The van der Waals surface area contributed by atoms with Gasteiger partial charge in [-0.3, -0.25) is 9.59 Å². The lowest BCUT2D eigenvalue weighted by Crippen LogP contribution is -2.41. The normalized spacial score (nSPS) is 28.4. The minimum absolute atomic E-state index is 0.0383. The molecule has 1 spiro atoms. The van der Waals surface area contributed by atoms with E-state index in [1.54, 1.807) is 0 Å². The molecule has 16 heavy (non-hydrogen) atoms. The third-order valence-corrected chi connectivity index (χ3v) is 3.83. The molecule has 2 unspecified atom stereocenters. The fourth-order valence-corrected chi connectivity index (χ4v) is 2.57. The van der Waals surface area contributed by atoms with Crippen LogP contribution in [0, 0.1) is 11.3 Å². The van der Waals surface area contributed by atoms with Crippen LogP contribution in [-0.2, 0) is 9.59 Å². The van der Waals surface area contributed by atoms with Crippen LogP contribution in [0.15, 0.2) is 0 Å². The minimum Gasteiger partial charge on any atom is -0.480 e. The van der Waals surface area contributed by atoms with Crippen LogP contribution in [0.4, 0.5) is 0 Å². The Hall–Kier alpha value is -1.10. The number of carbonyl (C=O) groups is 2. The predicted octanol–water partition coefficient (Wildman–Crippen LogP) is -0.0346. The van der Waals surface area contributed by atoms with Gasteiger partial charge in [0, 0.05) is 5.92 Å². The Morgan fingerprint density at radius 1 is 1.44 bits per heavy atom. The van der Waals surface area contributed by atoms with E-state index >= 15 is 0 Å². The van der Waals surface area contributed by atoms with Gasteiger partial charge in [0.2, 0.25) is 5.91 Å². The van der Waals surface area contributed by atoms with Gasteiger partial charge in [0.25, 0.3) is 0 Å². The summed E-state index contributed by atoms with van der Waals surface area (Å²) in [6, 6.07) is -0.785. The summed E-state index contributed by atoms with van der Waals surface area (Å²) in [4.78, 5) is 22.4. The van der Waals surface area contributed by atoms with Crippen molar-refractivity contribution in [3.05, 3.63) is 0 Å². The third kappa shape index (κ3) is 2.04. The molecular formula is C11H18N2O3. The minimum atomic E-state index is -0.978. The second-order valence-electron chi connectivity index (χ2n) is 4.94. The Kier molecular flexibility index (Phi) is 2.88. The van der Waals surface area contributed by atoms with Crippen LogP contribution < -0.4 is 10.6 Å². The van der Waals surface area contributed by atoms with Crippen molar-refractivity contribution in [2.24, 2.45) is 11.3 Å². The van der Waals surface area contributed by atoms with Gasteiger partial charge in [0.15, 0.2) is 0 Å². The molecule has 0 aromatic carbocycles. The molecule has 1 saturated heterocycles. The maximum atomic E-state index is 11.8. The second kappa shape index (κ2) is 4.05. The molecule has 1 aliphatic heterocycles. The van der Waals surface area contributed by atoms with Gasteiger partial charge in [-0.05, 0) is 44.7 Å². The van der Waals surface area contributed by atoms with E-state index in [1.165, 1.54) is 6.92 Å². The molecule has 0 aromatic heterocycles. The Balaban J connectivity index is 1.86. The summed E-state index contributed by atoms with van der Waals surface area (Å²) in [5.74, 6) is -1.03. The fraction of sp³-hybridized carbons (Fsp3) is 0.818. The van der Waals surface area contributed by atoms with Gasteiger partial charge in [0.05, 0.1) is 0 Å². The largest absolute Gasteiger partial charge is 0.480 e. The van der Waals surface area contributed by atoms with E-state index in [1.807, 2.05) is 0 Å². The number of carbonyl (C=O) groups excluding carboxylic acids is 1. The van der Waals surface area contributed by atoms with Crippen LogP contribution in [0.5, 0.6) is 0 Å². The molecule has 1 amide bonds. The van der Waals surface area contributed by atoms with Crippen LogP contribution in [-0.4, -0.2) is 36.1 Å². The van der Waals surface area contributed by atoms with Crippen molar-refractivity contribution < 1.29 is 14.7 Å². The number of amides is 1. The van der Waals surface area contributed by atoms with Crippen LogP contribution in [0.2, 0.25) is 0 Å². The van der Waals surface area contributed by atoms with Crippen LogP contribution >= 0.6 is 0 Å². The first-order valence-corrected chi connectivity index (χ1v) is 5.79. The van der Waals surface area contributed by atoms with Crippen molar-refractivity contribution >= 4 is 11.9 Å². The predicted molar refractivity (Wildman–Crippen MR) is 57.9 cm³/mol. The molecule has 2 fully saturated rings. The zero-order valence-corrected chi connectivity index (χ0v) is 9.45. The van der Waals surface area contributed by atoms with Crippen molar-refractivity contribution in [2.45, 2.75) is 32.2 Å². The second-order valence-corrected chi connectivity index (χ2v) is 4.94. The van der Waals surface area contributed by atoms with Gasteiger partial charge >= 0.3 is 5.97 Å². The molecule has 3 N–H and O–H groups in total. The van der Waals surface area contributed by atoms with Crippen LogP contribution in [0.1, 0.15) is 26.2 Å². The third-order valence-electron chi connectivity index (χ3n) is 3.83. The number of hydrogen-bond donors (Lipinski definition) is 3. The number of aliphatic carboxylic acids is 1. The lowest BCUT2D eigenvalue weighted by atomic mass is 9.91. The molecule has 0 aromatic rings. The zero-order valence-electron chi connectivity index (χ0n) is 9.45. The zero-order chi connectivity index (χ0) is 11.8. The molecule has 0 bridgehead atoms. The highest BCUT2D eigenvalue weighted by atomic mass is 16.4. The molecule has 5 heteroatoms. The number of rotatable bonds is 3. The van der Waals surface area contributed by atoms with E-state index < -0.39 is 12.0 Å². The summed E-state index contributed by atoms with van der Waals surface area (Å²) < 4.78 is 0. The highest BCUT2D eigenvalue weighted by molar-refractivity contribution is 5.87. The molecule has 2 rings (SSSR count). The van der Waals surface area contributed by atoms with Crippen molar-refractivity contribution in [1.82, 2.24) is 10.6 Å².